The molecule has 94 valence electrons. The van der Waals surface area contributed by atoms with E-state index in [1.165, 1.54) is 7.11 Å². The number of carbonyl (C=O) groups is 2. The fourth-order valence-electron chi connectivity index (χ4n) is 1.46. The summed E-state index contributed by atoms with van der Waals surface area (Å²) in [7, 11) is 1.39. The molecule has 0 radical (unpaired) electrons. The number of esters is 1. The highest BCUT2D eigenvalue weighted by Crippen LogP contribution is 2.05. The largest absolute Gasteiger partial charge is 0.469 e. The van der Waals surface area contributed by atoms with Crippen LogP contribution < -0.4 is 0 Å². The molecular formula is C15H16O3. The summed E-state index contributed by atoms with van der Waals surface area (Å²) in [5.74, 6) is 5.79. The van der Waals surface area contributed by atoms with E-state index in [2.05, 4.69) is 16.6 Å². The minimum absolute atomic E-state index is 0.186. The highest BCUT2D eigenvalue weighted by Gasteiger charge is 1.98. The maximum Gasteiger partial charge on any atom is 0.305 e. The first-order valence-electron chi connectivity index (χ1n) is 5.88. The molecule has 0 saturated carbocycles. The average Bonchev–Trinajstić information content (AvgIpc) is 2.42. The first-order valence-corrected chi connectivity index (χ1v) is 5.88. The molecule has 0 amide bonds. The molecule has 3 heteroatoms. The van der Waals surface area contributed by atoms with Crippen molar-refractivity contribution < 1.29 is 14.3 Å². The number of aldehydes is 1. The van der Waals surface area contributed by atoms with E-state index in [1.54, 1.807) is 6.07 Å². The maximum atomic E-state index is 10.9. The zero-order valence-electron chi connectivity index (χ0n) is 10.4. The molecule has 0 atom stereocenters. The fourth-order valence-corrected chi connectivity index (χ4v) is 1.46. The molecule has 0 aliphatic carbocycles. The lowest BCUT2D eigenvalue weighted by Crippen LogP contribution is -1.98. The monoisotopic (exact) mass is 244 g/mol. The number of hydrogen-bond acceptors (Lipinski definition) is 3. The molecule has 0 spiro atoms. The van der Waals surface area contributed by atoms with Gasteiger partial charge in [-0.2, -0.15) is 0 Å². The number of ether oxygens (including phenoxy) is 1. The summed E-state index contributed by atoms with van der Waals surface area (Å²) in [6.45, 7) is 0. The quantitative estimate of drug-likeness (QED) is 0.346. The van der Waals surface area contributed by atoms with Gasteiger partial charge in [0.05, 0.1) is 7.11 Å². The Morgan fingerprint density at radius 1 is 1.33 bits per heavy atom. The Morgan fingerprint density at radius 2 is 2.11 bits per heavy atom. The third-order valence-corrected chi connectivity index (χ3v) is 2.47. The number of unbranched alkanes of at least 4 members (excludes halogenated alkanes) is 2. The summed E-state index contributed by atoms with van der Waals surface area (Å²) >= 11 is 0. The molecule has 1 rings (SSSR count). The standard InChI is InChI=1S/C15H16O3/c1-18-15(17)11-5-3-2-4-8-13-9-6-7-10-14(13)12-16/h6-7,9-10,12H,2-3,5,11H2,1H3. The van der Waals surface area contributed by atoms with E-state index in [-0.39, 0.29) is 5.97 Å². The normalized spacial score (nSPS) is 9.17. The summed E-state index contributed by atoms with van der Waals surface area (Å²) in [5.41, 5.74) is 1.36. The topological polar surface area (TPSA) is 43.4 Å². The van der Waals surface area contributed by atoms with Gasteiger partial charge in [-0.3, -0.25) is 9.59 Å². The van der Waals surface area contributed by atoms with E-state index in [1.807, 2.05) is 18.2 Å². The molecule has 0 N–H and O–H groups in total. The molecule has 0 heterocycles. The van der Waals surface area contributed by atoms with E-state index in [0.717, 1.165) is 24.7 Å². The molecule has 0 fully saturated rings. The van der Waals surface area contributed by atoms with E-state index < -0.39 is 0 Å². The molecule has 1 aromatic carbocycles. The fraction of sp³-hybridized carbons (Fsp3) is 0.333. The first kappa shape index (κ1) is 14.0. The summed E-state index contributed by atoms with van der Waals surface area (Å²) in [6, 6.07) is 7.24. The summed E-state index contributed by atoms with van der Waals surface area (Å²) in [5, 5.41) is 0. The number of hydrogen-bond donors (Lipinski definition) is 0. The number of methoxy groups -OCH3 is 1. The Kier molecular flexibility index (Phi) is 6.27. The summed E-state index contributed by atoms with van der Waals surface area (Å²) < 4.78 is 4.54. The smallest absolute Gasteiger partial charge is 0.305 e. The van der Waals surface area contributed by atoms with Crippen LogP contribution in [0.3, 0.4) is 0 Å². The number of carbonyl (C=O) groups excluding carboxylic acids is 2. The first-order chi connectivity index (χ1) is 8.77. The molecular weight excluding hydrogens is 228 g/mol. The van der Waals surface area contributed by atoms with Crippen molar-refractivity contribution in [2.75, 3.05) is 7.11 Å². The van der Waals surface area contributed by atoms with Crippen LogP contribution >= 0.6 is 0 Å². The van der Waals surface area contributed by atoms with Crippen molar-refractivity contribution >= 4 is 12.3 Å². The van der Waals surface area contributed by atoms with Crippen LogP contribution in [0, 0.1) is 11.8 Å². The Hall–Kier alpha value is -2.08. The number of rotatable bonds is 5. The van der Waals surface area contributed by atoms with Crippen molar-refractivity contribution in [2.24, 2.45) is 0 Å². The van der Waals surface area contributed by atoms with Crippen LogP contribution in [0.5, 0.6) is 0 Å². The van der Waals surface area contributed by atoms with Gasteiger partial charge in [0.1, 0.15) is 0 Å². The van der Waals surface area contributed by atoms with Crippen LogP contribution in [-0.2, 0) is 9.53 Å². The van der Waals surface area contributed by atoms with Crippen molar-refractivity contribution in [3.63, 3.8) is 0 Å². The van der Waals surface area contributed by atoms with Crippen LogP contribution in [0.2, 0.25) is 0 Å². The minimum Gasteiger partial charge on any atom is -0.469 e. The minimum atomic E-state index is -0.186. The van der Waals surface area contributed by atoms with Crippen LogP contribution in [0.1, 0.15) is 41.6 Å². The molecule has 3 nitrogen and oxygen atoms in total. The Bertz CT molecular complexity index is 466. The molecule has 0 aromatic heterocycles. The second-order valence-corrected chi connectivity index (χ2v) is 3.79. The van der Waals surface area contributed by atoms with E-state index >= 15 is 0 Å². The van der Waals surface area contributed by atoms with Crippen molar-refractivity contribution in [1.29, 1.82) is 0 Å². The van der Waals surface area contributed by atoms with E-state index in [4.69, 9.17) is 0 Å². The van der Waals surface area contributed by atoms with Crippen LogP contribution in [0.15, 0.2) is 24.3 Å². The number of benzene rings is 1. The van der Waals surface area contributed by atoms with Crippen LogP contribution in [-0.4, -0.2) is 19.4 Å². The van der Waals surface area contributed by atoms with Gasteiger partial charge in [-0.1, -0.05) is 30.0 Å². The van der Waals surface area contributed by atoms with Crippen molar-refractivity contribution in [2.45, 2.75) is 25.7 Å². The predicted molar refractivity (Wildman–Crippen MR) is 69.2 cm³/mol. The molecule has 0 aliphatic heterocycles. The molecule has 0 aliphatic rings. The second-order valence-electron chi connectivity index (χ2n) is 3.79. The third-order valence-electron chi connectivity index (χ3n) is 2.47. The lowest BCUT2D eigenvalue weighted by molar-refractivity contribution is -0.140. The van der Waals surface area contributed by atoms with Gasteiger partial charge in [-0.05, 0) is 18.9 Å². The van der Waals surface area contributed by atoms with E-state index in [0.29, 0.717) is 18.4 Å². The molecule has 0 saturated heterocycles. The van der Waals surface area contributed by atoms with E-state index in [9.17, 15) is 9.59 Å². The van der Waals surface area contributed by atoms with Gasteiger partial charge in [0.2, 0.25) is 0 Å². The highest BCUT2D eigenvalue weighted by atomic mass is 16.5. The average molecular weight is 244 g/mol. The lowest BCUT2D eigenvalue weighted by atomic mass is 10.1. The molecule has 0 bridgehead atoms. The van der Waals surface area contributed by atoms with Gasteiger partial charge >= 0.3 is 5.97 Å². The van der Waals surface area contributed by atoms with Gasteiger partial charge in [0.15, 0.2) is 6.29 Å². The van der Waals surface area contributed by atoms with Crippen LogP contribution in [0.25, 0.3) is 0 Å². The van der Waals surface area contributed by atoms with Crippen LogP contribution in [0.4, 0.5) is 0 Å². The lowest BCUT2D eigenvalue weighted by Gasteiger charge is -1.96. The van der Waals surface area contributed by atoms with Gasteiger partial charge < -0.3 is 4.74 Å². The van der Waals surface area contributed by atoms with Gasteiger partial charge in [-0.25, -0.2) is 0 Å². The summed E-state index contributed by atoms with van der Waals surface area (Å²) in [4.78, 5) is 21.6. The zero-order valence-corrected chi connectivity index (χ0v) is 10.4. The summed E-state index contributed by atoms with van der Waals surface area (Å²) in [6.07, 6.45) is 3.58. The highest BCUT2D eigenvalue weighted by molar-refractivity contribution is 5.79. The third kappa shape index (κ3) is 4.84. The molecule has 1 aromatic rings. The maximum absolute atomic E-state index is 10.9. The van der Waals surface area contributed by atoms with Gasteiger partial charge in [-0.15, -0.1) is 0 Å². The zero-order chi connectivity index (χ0) is 13.2. The Morgan fingerprint density at radius 3 is 2.83 bits per heavy atom. The van der Waals surface area contributed by atoms with Gasteiger partial charge in [0.25, 0.3) is 0 Å². The molecule has 0 unspecified atom stereocenters. The van der Waals surface area contributed by atoms with Gasteiger partial charge in [0, 0.05) is 24.0 Å². The van der Waals surface area contributed by atoms with Crippen molar-refractivity contribution in [3.8, 4) is 11.8 Å². The predicted octanol–water partition coefficient (Wildman–Crippen LogP) is 2.58. The Labute approximate surface area is 107 Å². The van der Waals surface area contributed by atoms with Crippen molar-refractivity contribution in [3.05, 3.63) is 35.4 Å². The van der Waals surface area contributed by atoms with Crippen molar-refractivity contribution in [1.82, 2.24) is 0 Å². The molecule has 18 heavy (non-hydrogen) atoms. The SMILES string of the molecule is COC(=O)CCCCC#Cc1ccccc1C=O. The Balaban J connectivity index is 2.37. The second kappa shape index (κ2) is 8.08.